The molecule has 0 spiro atoms. The molecule has 0 fully saturated rings. The van der Waals surface area contributed by atoms with Gasteiger partial charge in [0.15, 0.2) is 0 Å². The molecule has 88 valence electrons. The fourth-order valence-electron chi connectivity index (χ4n) is 1.17. The topological polar surface area (TPSA) is 51.1 Å². The lowest BCUT2D eigenvalue weighted by molar-refractivity contribution is -0.123. The van der Waals surface area contributed by atoms with Crippen LogP contribution in [-0.4, -0.2) is 10.5 Å². The number of amides is 1. The zero-order valence-corrected chi connectivity index (χ0v) is 10.2. The van der Waals surface area contributed by atoms with E-state index in [9.17, 15) is 9.59 Å². The Labute approximate surface area is 95.3 Å². The number of pyridine rings is 1. The van der Waals surface area contributed by atoms with Crippen LogP contribution in [0.25, 0.3) is 0 Å². The first-order valence-electron chi connectivity index (χ1n) is 5.36. The van der Waals surface area contributed by atoms with Gasteiger partial charge in [-0.2, -0.15) is 0 Å². The van der Waals surface area contributed by atoms with Crippen molar-refractivity contribution in [1.82, 2.24) is 4.57 Å². The van der Waals surface area contributed by atoms with Crippen LogP contribution in [0.1, 0.15) is 27.7 Å². The average Bonchev–Trinajstić information content (AvgIpc) is 2.19. The largest absolute Gasteiger partial charge is 0.324 e. The molecule has 0 bridgehead atoms. The lowest BCUT2D eigenvalue weighted by atomic mass is 9.96. The molecule has 1 aromatic rings. The maximum Gasteiger partial charge on any atom is 0.250 e. The number of carbonyl (C=O) groups is 1. The maximum absolute atomic E-state index is 11.7. The molecule has 0 unspecified atom stereocenters. The van der Waals surface area contributed by atoms with Crippen LogP contribution >= 0.6 is 0 Å². The Morgan fingerprint density at radius 3 is 2.50 bits per heavy atom. The van der Waals surface area contributed by atoms with Gasteiger partial charge in [0.2, 0.25) is 5.91 Å². The Kier molecular flexibility index (Phi) is 3.52. The Morgan fingerprint density at radius 2 is 2.00 bits per heavy atom. The zero-order valence-electron chi connectivity index (χ0n) is 10.2. The van der Waals surface area contributed by atoms with E-state index in [-0.39, 0.29) is 11.5 Å². The van der Waals surface area contributed by atoms with Crippen LogP contribution in [0, 0.1) is 5.41 Å². The van der Waals surface area contributed by atoms with Gasteiger partial charge in [-0.05, 0) is 13.0 Å². The number of carbonyl (C=O) groups excluding carboxylic acids is 1. The lowest BCUT2D eigenvalue weighted by Crippen LogP contribution is -2.28. The summed E-state index contributed by atoms with van der Waals surface area (Å²) in [7, 11) is 0. The molecule has 1 amide bonds. The second kappa shape index (κ2) is 4.51. The van der Waals surface area contributed by atoms with Crippen molar-refractivity contribution in [3.63, 3.8) is 0 Å². The molecule has 4 heteroatoms. The molecule has 1 N–H and O–H groups in total. The summed E-state index contributed by atoms with van der Waals surface area (Å²) in [5.41, 5.74) is 0.158. The third-order valence-electron chi connectivity index (χ3n) is 2.26. The summed E-state index contributed by atoms with van der Waals surface area (Å²) in [6.45, 7) is 8.02. The van der Waals surface area contributed by atoms with E-state index in [1.165, 1.54) is 6.07 Å². The van der Waals surface area contributed by atoms with Crippen LogP contribution in [0.2, 0.25) is 0 Å². The summed E-state index contributed by atoms with van der Waals surface area (Å²) in [5, 5.41) is 2.79. The number of aromatic nitrogens is 1. The van der Waals surface area contributed by atoms with Gasteiger partial charge >= 0.3 is 0 Å². The summed E-state index contributed by atoms with van der Waals surface area (Å²) in [6, 6.07) is 3.08. The molecule has 1 heterocycles. The molecule has 0 aliphatic heterocycles. The van der Waals surface area contributed by atoms with Gasteiger partial charge in [0.1, 0.15) is 0 Å². The Bertz CT molecular complexity index is 441. The molecule has 4 nitrogen and oxygen atoms in total. The highest BCUT2D eigenvalue weighted by Gasteiger charge is 2.21. The van der Waals surface area contributed by atoms with Crippen molar-refractivity contribution < 1.29 is 4.79 Å². The third kappa shape index (κ3) is 2.95. The minimum Gasteiger partial charge on any atom is -0.324 e. The molecule has 0 atom stereocenters. The van der Waals surface area contributed by atoms with Crippen LogP contribution in [0.5, 0.6) is 0 Å². The Morgan fingerprint density at radius 1 is 1.38 bits per heavy atom. The monoisotopic (exact) mass is 222 g/mol. The summed E-state index contributed by atoms with van der Waals surface area (Å²) < 4.78 is 1.55. The highest BCUT2D eigenvalue weighted by Crippen LogP contribution is 2.16. The van der Waals surface area contributed by atoms with Crippen molar-refractivity contribution >= 4 is 11.6 Å². The molecule has 0 saturated carbocycles. The van der Waals surface area contributed by atoms with E-state index in [0.29, 0.717) is 12.2 Å². The molecule has 0 aromatic carbocycles. The smallest absolute Gasteiger partial charge is 0.250 e. The van der Waals surface area contributed by atoms with Crippen LogP contribution in [0.3, 0.4) is 0 Å². The van der Waals surface area contributed by atoms with Crippen LogP contribution in [0.15, 0.2) is 23.1 Å². The van der Waals surface area contributed by atoms with Crippen LogP contribution in [0.4, 0.5) is 5.69 Å². The van der Waals surface area contributed by atoms with Crippen LogP contribution in [-0.2, 0) is 11.3 Å². The minimum absolute atomic E-state index is 0.0590. The number of nitrogens with zero attached hydrogens (tertiary/aromatic N) is 1. The van der Waals surface area contributed by atoms with Crippen molar-refractivity contribution in [2.24, 2.45) is 5.41 Å². The zero-order chi connectivity index (χ0) is 12.3. The number of rotatable bonds is 2. The lowest BCUT2D eigenvalue weighted by Gasteiger charge is -2.18. The van der Waals surface area contributed by atoms with Crippen molar-refractivity contribution in [1.29, 1.82) is 0 Å². The summed E-state index contributed by atoms with van der Waals surface area (Å²) in [5.74, 6) is -0.0613. The van der Waals surface area contributed by atoms with Crippen molar-refractivity contribution in [3.05, 3.63) is 28.7 Å². The van der Waals surface area contributed by atoms with Gasteiger partial charge in [-0.15, -0.1) is 0 Å². The van der Waals surface area contributed by atoms with Gasteiger partial charge in [-0.25, -0.2) is 0 Å². The summed E-state index contributed by atoms with van der Waals surface area (Å²) >= 11 is 0. The highest BCUT2D eigenvalue weighted by atomic mass is 16.2. The predicted molar refractivity (Wildman–Crippen MR) is 64.5 cm³/mol. The van der Waals surface area contributed by atoms with Gasteiger partial charge in [0.05, 0.1) is 5.69 Å². The van der Waals surface area contributed by atoms with E-state index in [1.54, 1.807) is 16.8 Å². The van der Waals surface area contributed by atoms with Gasteiger partial charge in [0, 0.05) is 24.2 Å². The number of nitrogens with one attached hydrogen (secondary N) is 1. The summed E-state index contributed by atoms with van der Waals surface area (Å²) in [4.78, 5) is 23.1. The molecule has 1 aromatic heterocycles. The fraction of sp³-hybridized carbons (Fsp3) is 0.500. The Hall–Kier alpha value is -1.58. The average molecular weight is 222 g/mol. The van der Waals surface area contributed by atoms with Gasteiger partial charge in [0.25, 0.3) is 5.56 Å². The number of anilines is 1. The van der Waals surface area contributed by atoms with Crippen molar-refractivity contribution in [2.75, 3.05) is 5.32 Å². The predicted octanol–water partition coefficient (Wildman–Crippen LogP) is 1.85. The van der Waals surface area contributed by atoms with Gasteiger partial charge in [-0.1, -0.05) is 20.8 Å². The number of hydrogen-bond acceptors (Lipinski definition) is 2. The first-order chi connectivity index (χ1) is 7.34. The van der Waals surface area contributed by atoms with Gasteiger partial charge < -0.3 is 9.88 Å². The molecule has 0 aliphatic rings. The molecular formula is C12H18N2O2. The standard InChI is InChI=1S/C12H18N2O2/c1-5-14-8-9(6-7-10(14)15)13-11(16)12(2,3)4/h6-8H,5H2,1-4H3,(H,13,16). The molecule has 0 radical (unpaired) electrons. The Balaban J connectivity index is 2.91. The highest BCUT2D eigenvalue weighted by molar-refractivity contribution is 5.94. The maximum atomic E-state index is 11.7. The normalized spacial score (nSPS) is 11.2. The third-order valence-corrected chi connectivity index (χ3v) is 2.26. The minimum atomic E-state index is -0.437. The second-order valence-electron chi connectivity index (χ2n) is 4.75. The van der Waals surface area contributed by atoms with E-state index < -0.39 is 5.41 Å². The first-order valence-corrected chi connectivity index (χ1v) is 5.36. The van der Waals surface area contributed by atoms with Crippen molar-refractivity contribution in [2.45, 2.75) is 34.2 Å². The quantitative estimate of drug-likeness (QED) is 0.830. The second-order valence-corrected chi connectivity index (χ2v) is 4.75. The van der Waals surface area contributed by atoms with Gasteiger partial charge in [-0.3, -0.25) is 9.59 Å². The number of hydrogen-bond donors (Lipinski definition) is 1. The molecule has 1 rings (SSSR count). The van der Waals surface area contributed by atoms with E-state index in [4.69, 9.17) is 0 Å². The molecule has 0 saturated heterocycles. The number of aryl methyl sites for hydroxylation is 1. The van der Waals surface area contributed by atoms with Crippen molar-refractivity contribution in [3.8, 4) is 0 Å². The molecular weight excluding hydrogens is 204 g/mol. The van der Waals surface area contributed by atoms with Crippen LogP contribution < -0.4 is 10.9 Å². The fourth-order valence-corrected chi connectivity index (χ4v) is 1.17. The SMILES string of the molecule is CCn1cc(NC(=O)C(C)(C)C)ccc1=O. The van der Waals surface area contributed by atoms with E-state index in [0.717, 1.165) is 0 Å². The van der Waals surface area contributed by atoms with E-state index >= 15 is 0 Å². The summed E-state index contributed by atoms with van der Waals surface area (Å²) in [6.07, 6.45) is 1.66. The first kappa shape index (κ1) is 12.5. The van der Waals surface area contributed by atoms with E-state index in [2.05, 4.69) is 5.32 Å². The van der Waals surface area contributed by atoms with E-state index in [1.807, 2.05) is 27.7 Å². The molecule has 16 heavy (non-hydrogen) atoms. The molecule has 0 aliphatic carbocycles.